The first-order valence-corrected chi connectivity index (χ1v) is 9.77. The summed E-state index contributed by atoms with van der Waals surface area (Å²) in [6, 6.07) is 15.6. The van der Waals surface area contributed by atoms with E-state index in [1.54, 1.807) is 19.2 Å². The number of carboxylic acids is 1. The summed E-state index contributed by atoms with van der Waals surface area (Å²) in [6.45, 7) is 1.06. The van der Waals surface area contributed by atoms with Crippen LogP contribution in [-0.2, 0) is 0 Å². The fourth-order valence-electron chi connectivity index (χ4n) is 4.20. The zero-order valence-corrected chi connectivity index (χ0v) is 16.9. The van der Waals surface area contributed by atoms with Crippen LogP contribution in [0.1, 0.15) is 46.7 Å². The molecule has 0 aliphatic heterocycles. The minimum Gasteiger partial charge on any atom is -0.497 e. The molecule has 1 saturated carbocycles. The van der Waals surface area contributed by atoms with Crippen molar-refractivity contribution >= 4 is 12.0 Å². The van der Waals surface area contributed by atoms with Crippen molar-refractivity contribution in [3.63, 3.8) is 0 Å². The van der Waals surface area contributed by atoms with Gasteiger partial charge in [0.1, 0.15) is 5.75 Å². The number of rotatable bonds is 6. The van der Waals surface area contributed by atoms with Gasteiger partial charge in [0.05, 0.1) is 12.7 Å². The lowest BCUT2D eigenvalue weighted by Crippen LogP contribution is -2.29. The van der Waals surface area contributed by atoms with Gasteiger partial charge in [-0.25, -0.2) is 4.79 Å². The number of ether oxygens (including phenoxy) is 1. The summed E-state index contributed by atoms with van der Waals surface area (Å²) < 4.78 is 5.44. The van der Waals surface area contributed by atoms with E-state index in [9.17, 15) is 9.90 Å². The average molecular weight is 380 g/mol. The van der Waals surface area contributed by atoms with Gasteiger partial charge in [0, 0.05) is 6.54 Å². The highest BCUT2D eigenvalue weighted by Gasteiger charge is 2.29. The van der Waals surface area contributed by atoms with E-state index < -0.39 is 5.97 Å². The molecule has 2 atom stereocenters. The first kappa shape index (κ1) is 20.2. The molecule has 0 amide bonds. The van der Waals surface area contributed by atoms with Gasteiger partial charge in [-0.2, -0.15) is 0 Å². The van der Waals surface area contributed by atoms with Crippen LogP contribution in [0.15, 0.2) is 54.1 Å². The molecule has 3 rings (SSSR count). The zero-order chi connectivity index (χ0) is 20.1. The number of hydrogen-bond acceptors (Lipinski definition) is 3. The van der Waals surface area contributed by atoms with E-state index >= 15 is 0 Å². The highest BCUT2D eigenvalue weighted by atomic mass is 16.5. The summed E-state index contributed by atoms with van der Waals surface area (Å²) in [4.78, 5) is 13.5. The summed E-state index contributed by atoms with van der Waals surface area (Å²) >= 11 is 0. The second-order valence-corrected chi connectivity index (χ2v) is 7.88. The fourth-order valence-corrected chi connectivity index (χ4v) is 4.20. The lowest BCUT2D eigenvalue weighted by atomic mass is 9.73. The summed E-state index contributed by atoms with van der Waals surface area (Å²) in [5.41, 5.74) is 3.99. The van der Waals surface area contributed by atoms with Crippen molar-refractivity contribution < 1.29 is 14.6 Å². The molecular formula is C24H29NO3. The molecule has 148 valence electrons. The molecule has 2 aromatic carbocycles. The second kappa shape index (κ2) is 9.07. The average Bonchev–Trinajstić information content (AvgIpc) is 2.69. The molecule has 0 bridgehead atoms. The lowest BCUT2D eigenvalue weighted by molar-refractivity contribution is 0.0697. The van der Waals surface area contributed by atoms with E-state index in [2.05, 4.69) is 43.3 Å². The first-order chi connectivity index (χ1) is 13.5. The van der Waals surface area contributed by atoms with Gasteiger partial charge < -0.3 is 14.7 Å². The normalized spacial score (nSPS) is 21.1. The predicted molar refractivity (Wildman–Crippen MR) is 113 cm³/mol. The molecule has 28 heavy (non-hydrogen) atoms. The quantitative estimate of drug-likeness (QED) is 0.774. The molecule has 0 unspecified atom stereocenters. The van der Waals surface area contributed by atoms with Crippen molar-refractivity contribution in [1.29, 1.82) is 0 Å². The monoisotopic (exact) mass is 379 g/mol. The number of aromatic carboxylic acids is 1. The van der Waals surface area contributed by atoms with Gasteiger partial charge in [0.15, 0.2) is 0 Å². The van der Waals surface area contributed by atoms with Crippen LogP contribution in [0.4, 0.5) is 0 Å². The second-order valence-electron chi connectivity index (χ2n) is 7.88. The van der Waals surface area contributed by atoms with Crippen LogP contribution in [0.5, 0.6) is 5.75 Å². The largest absolute Gasteiger partial charge is 0.497 e. The molecule has 1 N–H and O–H groups in total. The van der Waals surface area contributed by atoms with Gasteiger partial charge in [0.2, 0.25) is 0 Å². The number of hydrogen-bond donors (Lipinski definition) is 1. The number of benzene rings is 2. The van der Waals surface area contributed by atoms with Crippen LogP contribution >= 0.6 is 0 Å². The maximum absolute atomic E-state index is 11.3. The molecule has 1 aliphatic rings. The fraction of sp³-hybridized carbons (Fsp3) is 0.375. The highest BCUT2D eigenvalue weighted by molar-refractivity contribution is 5.88. The molecular weight excluding hydrogens is 350 g/mol. The van der Waals surface area contributed by atoms with Crippen LogP contribution in [0, 0.1) is 5.92 Å². The number of allylic oxidation sites excluding steroid dienone is 1. The van der Waals surface area contributed by atoms with E-state index in [1.165, 1.54) is 11.1 Å². The Morgan fingerprint density at radius 1 is 1.21 bits per heavy atom. The summed E-state index contributed by atoms with van der Waals surface area (Å²) in [5.74, 6) is 1.03. The van der Waals surface area contributed by atoms with E-state index in [-0.39, 0.29) is 0 Å². The molecule has 2 aromatic rings. The third-order valence-electron chi connectivity index (χ3n) is 5.51. The van der Waals surface area contributed by atoms with Crippen LogP contribution in [-0.4, -0.2) is 43.7 Å². The zero-order valence-electron chi connectivity index (χ0n) is 16.9. The van der Waals surface area contributed by atoms with E-state index in [4.69, 9.17) is 4.74 Å². The Bertz CT molecular complexity index is 856. The van der Waals surface area contributed by atoms with Gasteiger partial charge in [-0.15, -0.1) is 0 Å². The van der Waals surface area contributed by atoms with Gasteiger partial charge in [-0.05, 0) is 80.6 Å². The molecule has 1 aliphatic carbocycles. The Hall–Kier alpha value is -2.59. The van der Waals surface area contributed by atoms with Crippen molar-refractivity contribution in [3.8, 4) is 5.75 Å². The SMILES string of the molecule is COc1cccc([C@H]2CC(=Cc3cccc(C(=O)O)c3)CC[C@H]2CN(C)C)c1. The molecule has 0 radical (unpaired) electrons. The van der Waals surface area contributed by atoms with Gasteiger partial charge >= 0.3 is 5.97 Å². The van der Waals surface area contributed by atoms with Crippen molar-refractivity contribution in [3.05, 3.63) is 70.8 Å². The van der Waals surface area contributed by atoms with Crippen molar-refractivity contribution in [2.24, 2.45) is 5.92 Å². The minimum absolute atomic E-state index is 0.333. The maximum Gasteiger partial charge on any atom is 0.335 e. The van der Waals surface area contributed by atoms with Gasteiger partial charge in [-0.3, -0.25) is 0 Å². The van der Waals surface area contributed by atoms with E-state index in [0.29, 0.717) is 17.4 Å². The topological polar surface area (TPSA) is 49.8 Å². The van der Waals surface area contributed by atoms with Crippen LogP contribution in [0.3, 0.4) is 0 Å². The summed E-state index contributed by atoms with van der Waals surface area (Å²) in [5, 5.41) is 9.24. The summed E-state index contributed by atoms with van der Waals surface area (Å²) in [7, 11) is 5.97. The molecule has 4 nitrogen and oxygen atoms in total. The Kier molecular flexibility index (Phi) is 6.53. The van der Waals surface area contributed by atoms with E-state index in [0.717, 1.165) is 37.1 Å². The standard InChI is InChI=1S/C24H29NO3/c1-25(2)16-21-11-10-18(12-17-6-4-8-20(13-17)24(26)27)14-23(21)19-7-5-9-22(15-19)28-3/h4-9,12-13,15,21,23H,10-11,14,16H2,1-3H3,(H,26,27)/t21-,23+/m0/s1. The number of carbonyl (C=O) groups is 1. The Balaban J connectivity index is 1.88. The number of methoxy groups -OCH3 is 1. The Morgan fingerprint density at radius 2 is 2.00 bits per heavy atom. The third-order valence-corrected chi connectivity index (χ3v) is 5.51. The lowest BCUT2D eigenvalue weighted by Gasteiger charge is -2.35. The van der Waals surface area contributed by atoms with Gasteiger partial charge in [-0.1, -0.05) is 35.9 Å². The smallest absolute Gasteiger partial charge is 0.335 e. The van der Waals surface area contributed by atoms with Crippen LogP contribution in [0.2, 0.25) is 0 Å². The predicted octanol–water partition coefficient (Wildman–Crippen LogP) is 4.92. The molecule has 0 spiro atoms. The van der Waals surface area contributed by atoms with Crippen LogP contribution < -0.4 is 4.74 Å². The van der Waals surface area contributed by atoms with Crippen molar-refractivity contribution in [2.45, 2.75) is 25.2 Å². The molecule has 0 heterocycles. The van der Waals surface area contributed by atoms with Crippen molar-refractivity contribution in [1.82, 2.24) is 4.90 Å². The number of nitrogens with zero attached hydrogens (tertiary/aromatic N) is 1. The first-order valence-electron chi connectivity index (χ1n) is 9.77. The van der Waals surface area contributed by atoms with Crippen molar-refractivity contribution in [2.75, 3.05) is 27.7 Å². The highest BCUT2D eigenvalue weighted by Crippen LogP contribution is 2.42. The van der Waals surface area contributed by atoms with Crippen LogP contribution in [0.25, 0.3) is 6.08 Å². The molecule has 0 aromatic heterocycles. The Morgan fingerprint density at radius 3 is 2.71 bits per heavy atom. The molecule has 0 saturated heterocycles. The maximum atomic E-state index is 11.3. The third kappa shape index (κ3) is 5.02. The Labute approximate surface area is 167 Å². The number of carboxylic acid groups (broad SMARTS) is 1. The van der Waals surface area contributed by atoms with E-state index in [1.807, 2.05) is 18.2 Å². The molecule has 1 fully saturated rings. The molecule has 4 heteroatoms. The summed E-state index contributed by atoms with van der Waals surface area (Å²) in [6.07, 6.45) is 5.34. The van der Waals surface area contributed by atoms with Gasteiger partial charge in [0.25, 0.3) is 0 Å². The minimum atomic E-state index is -0.885.